The summed E-state index contributed by atoms with van der Waals surface area (Å²) in [6.07, 6.45) is 7.88. The monoisotopic (exact) mass is 353 g/mol. The van der Waals surface area contributed by atoms with Gasteiger partial charge in [0.1, 0.15) is 12.2 Å². The van der Waals surface area contributed by atoms with Crippen molar-refractivity contribution in [2.75, 3.05) is 20.3 Å². The number of methoxy groups -OCH3 is 1. The first-order valence-corrected chi connectivity index (χ1v) is 9.58. The lowest BCUT2D eigenvalue weighted by atomic mass is 9.79. The molecule has 6 nitrogen and oxygen atoms in total. The summed E-state index contributed by atoms with van der Waals surface area (Å²) in [6.45, 7) is 2.54. The Balaban J connectivity index is 1.98. The van der Waals surface area contributed by atoms with Crippen molar-refractivity contribution in [3.05, 3.63) is 0 Å². The molecule has 0 unspecified atom stereocenters. The zero-order valence-corrected chi connectivity index (χ0v) is 15.5. The van der Waals surface area contributed by atoms with Crippen molar-refractivity contribution < 1.29 is 23.9 Å². The Kier molecular flexibility index (Phi) is 7.72. The van der Waals surface area contributed by atoms with E-state index >= 15 is 0 Å². The maximum absolute atomic E-state index is 12.4. The van der Waals surface area contributed by atoms with Gasteiger partial charge in [-0.05, 0) is 32.1 Å². The van der Waals surface area contributed by atoms with Crippen molar-refractivity contribution >= 4 is 17.8 Å². The molecule has 1 heterocycles. The molecule has 1 saturated carbocycles. The molecule has 1 aliphatic carbocycles. The zero-order valence-electron chi connectivity index (χ0n) is 15.5. The van der Waals surface area contributed by atoms with E-state index in [-0.39, 0.29) is 36.9 Å². The summed E-state index contributed by atoms with van der Waals surface area (Å²) in [5.41, 5.74) is 0. The Morgan fingerprint density at radius 3 is 2.44 bits per heavy atom. The Morgan fingerprint density at radius 2 is 1.80 bits per heavy atom. The Labute approximate surface area is 150 Å². The van der Waals surface area contributed by atoms with Crippen LogP contribution in [0.25, 0.3) is 0 Å². The minimum atomic E-state index is -0.452. The summed E-state index contributed by atoms with van der Waals surface area (Å²) in [5.74, 6) is -0.0629. The molecular formula is C19H31NO5. The molecule has 2 aliphatic rings. The van der Waals surface area contributed by atoms with E-state index in [9.17, 15) is 14.4 Å². The van der Waals surface area contributed by atoms with Crippen LogP contribution in [0.3, 0.4) is 0 Å². The lowest BCUT2D eigenvalue weighted by molar-refractivity contribution is -0.146. The number of esters is 1. The number of amides is 1. The van der Waals surface area contributed by atoms with Crippen molar-refractivity contribution in [3.8, 4) is 0 Å². The van der Waals surface area contributed by atoms with E-state index in [1.54, 1.807) is 11.8 Å². The van der Waals surface area contributed by atoms with Crippen LogP contribution < -0.4 is 0 Å². The minimum Gasteiger partial charge on any atom is -0.466 e. The zero-order chi connectivity index (χ0) is 18.2. The second-order valence-electron chi connectivity index (χ2n) is 7.23. The normalized spacial score (nSPS) is 24.6. The van der Waals surface area contributed by atoms with Crippen LogP contribution in [0.1, 0.15) is 64.7 Å². The second kappa shape index (κ2) is 9.78. The molecule has 2 rings (SSSR count). The molecule has 0 aromatic rings. The maximum atomic E-state index is 12.4. The van der Waals surface area contributed by atoms with E-state index in [4.69, 9.17) is 9.47 Å². The molecule has 1 amide bonds. The van der Waals surface area contributed by atoms with E-state index in [2.05, 4.69) is 0 Å². The van der Waals surface area contributed by atoms with Crippen LogP contribution in [0.15, 0.2) is 0 Å². The predicted octanol–water partition coefficient (Wildman–Crippen LogP) is 3.33. The average molecular weight is 353 g/mol. The molecule has 1 aliphatic heterocycles. The SMILES string of the molecule is CCOC(=O)CC(=O)[C@@H]1CCN(C(=O)OC)[C@@H](CC2CCCCC2)C1. The van der Waals surface area contributed by atoms with Gasteiger partial charge in [-0.1, -0.05) is 32.1 Å². The molecule has 142 valence electrons. The van der Waals surface area contributed by atoms with E-state index in [0.717, 1.165) is 6.42 Å². The highest BCUT2D eigenvalue weighted by Crippen LogP contribution is 2.34. The van der Waals surface area contributed by atoms with Crippen molar-refractivity contribution in [1.29, 1.82) is 0 Å². The molecule has 0 N–H and O–H groups in total. The summed E-state index contributed by atoms with van der Waals surface area (Å²) in [6, 6.07) is 0.0282. The van der Waals surface area contributed by atoms with Crippen molar-refractivity contribution in [3.63, 3.8) is 0 Å². The third-order valence-corrected chi connectivity index (χ3v) is 5.53. The summed E-state index contributed by atoms with van der Waals surface area (Å²) in [4.78, 5) is 37.9. The highest BCUT2D eigenvalue weighted by atomic mass is 16.5. The topological polar surface area (TPSA) is 72.9 Å². The first kappa shape index (κ1) is 19.7. The Morgan fingerprint density at radius 1 is 1.08 bits per heavy atom. The molecule has 25 heavy (non-hydrogen) atoms. The van der Waals surface area contributed by atoms with E-state index in [0.29, 0.717) is 25.3 Å². The highest BCUT2D eigenvalue weighted by Gasteiger charge is 2.37. The number of carbonyl (C=O) groups is 3. The summed E-state index contributed by atoms with van der Waals surface area (Å²) >= 11 is 0. The first-order valence-electron chi connectivity index (χ1n) is 9.58. The molecular weight excluding hydrogens is 322 g/mol. The van der Waals surface area contributed by atoms with Crippen LogP contribution in [0.4, 0.5) is 4.79 Å². The van der Waals surface area contributed by atoms with Gasteiger partial charge in [-0.15, -0.1) is 0 Å². The highest BCUT2D eigenvalue weighted by molar-refractivity contribution is 5.96. The van der Waals surface area contributed by atoms with Gasteiger partial charge in [0.05, 0.1) is 13.7 Å². The maximum Gasteiger partial charge on any atom is 0.409 e. The number of piperidine rings is 1. The number of hydrogen-bond donors (Lipinski definition) is 0. The van der Waals surface area contributed by atoms with Gasteiger partial charge in [0.2, 0.25) is 0 Å². The number of rotatable bonds is 6. The number of nitrogens with zero attached hydrogens (tertiary/aromatic N) is 1. The van der Waals surface area contributed by atoms with Crippen molar-refractivity contribution in [2.24, 2.45) is 11.8 Å². The summed E-state index contributed by atoms with van der Waals surface area (Å²) < 4.78 is 9.81. The van der Waals surface area contributed by atoms with Gasteiger partial charge in [-0.3, -0.25) is 9.59 Å². The fraction of sp³-hybridized carbons (Fsp3) is 0.842. The molecule has 2 atom stereocenters. The lowest BCUT2D eigenvalue weighted by Crippen LogP contribution is -2.48. The fourth-order valence-corrected chi connectivity index (χ4v) is 4.23. The largest absolute Gasteiger partial charge is 0.466 e. The van der Waals surface area contributed by atoms with Gasteiger partial charge in [0.15, 0.2) is 0 Å². The number of hydrogen-bond acceptors (Lipinski definition) is 5. The number of ketones is 1. The van der Waals surface area contributed by atoms with Gasteiger partial charge in [-0.25, -0.2) is 4.79 Å². The van der Waals surface area contributed by atoms with Gasteiger partial charge >= 0.3 is 12.1 Å². The van der Waals surface area contributed by atoms with Crippen molar-refractivity contribution in [2.45, 2.75) is 70.8 Å². The van der Waals surface area contributed by atoms with Crippen LogP contribution >= 0.6 is 0 Å². The van der Waals surface area contributed by atoms with Crippen LogP contribution in [-0.2, 0) is 19.1 Å². The average Bonchev–Trinajstić information content (AvgIpc) is 2.62. The van der Waals surface area contributed by atoms with Crippen molar-refractivity contribution in [1.82, 2.24) is 4.90 Å². The first-order chi connectivity index (χ1) is 12.0. The van der Waals surface area contributed by atoms with E-state index < -0.39 is 5.97 Å². The third kappa shape index (κ3) is 5.72. The van der Waals surface area contributed by atoms with Gasteiger partial charge in [0, 0.05) is 18.5 Å². The Hall–Kier alpha value is -1.59. The van der Waals surface area contributed by atoms with Crippen LogP contribution in [0.2, 0.25) is 0 Å². The summed E-state index contributed by atoms with van der Waals surface area (Å²) in [5, 5.41) is 0. The molecule has 2 fully saturated rings. The van der Waals surface area contributed by atoms with Gasteiger partial charge < -0.3 is 14.4 Å². The predicted molar refractivity (Wildman–Crippen MR) is 93.1 cm³/mol. The van der Waals surface area contributed by atoms with E-state index in [1.807, 2.05) is 0 Å². The van der Waals surface area contributed by atoms with Gasteiger partial charge in [-0.2, -0.15) is 0 Å². The molecule has 0 bridgehead atoms. The third-order valence-electron chi connectivity index (χ3n) is 5.53. The van der Waals surface area contributed by atoms with Gasteiger partial charge in [0.25, 0.3) is 0 Å². The fourth-order valence-electron chi connectivity index (χ4n) is 4.23. The smallest absolute Gasteiger partial charge is 0.409 e. The van der Waals surface area contributed by atoms with Crippen LogP contribution in [0.5, 0.6) is 0 Å². The van der Waals surface area contributed by atoms with Crippen LogP contribution in [0, 0.1) is 11.8 Å². The summed E-state index contributed by atoms with van der Waals surface area (Å²) in [7, 11) is 1.40. The molecule has 0 aromatic carbocycles. The minimum absolute atomic E-state index is 0.0282. The quantitative estimate of drug-likeness (QED) is 0.541. The lowest BCUT2D eigenvalue weighted by Gasteiger charge is -2.40. The second-order valence-corrected chi connectivity index (χ2v) is 7.23. The number of Topliss-reactive ketones (excluding diaryl/α,β-unsaturated/α-hetero) is 1. The number of carbonyl (C=O) groups excluding carboxylic acids is 3. The Bertz CT molecular complexity index is 472. The standard InChI is InChI=1S/C19H31NO5/c1-3-25-18(22)13-17(21)15-9-10-20(19(23)24-2)16(12-15)11-14-7-5-4-6-8-14/h14-16H,3-13H2,1-2H3/t15-,16+/m1/s1. The van der Waals surface area contributed by atoms with Crippen LogP contribution in [-0.4, -0.2) is 49.0 Å². The molecule has 0 aromatic heterocycles. The molecule has 1 saturated heterocycles. The molecule has 0 spiro atoms. The number of likely N-dealkylation sites (tertiary alicyclic amines) is 1. The molecule has 6 heteroatoms. The number of ether oxygens (including phenoxy) is 2. The van der Waals surface area contributed by atoms with E-state index in [1.165, 1.54) is 39.2 Å². The molecule has 0 radical (unpaired) electrons.